The molecule has 1 N–H and O–H groups in total. The van der Waals surface area contributed by atoms with E-state index in [0.29, 0.717) is 12.6 Å². The van der Waals surface area contributed by atoms with Gasteiger partial charge in [-0.15, -0.1) is 11.3 Å². The van der Waals surface area contributed by atoms with Crippen molar-refractivity contribution in [3.8, 4) is 0 Å². The highest BCUT2D eigenvalue weighted by Gasteiger charge is 2.21. The van der Waals surface area contributed by atoms with E-state index in [1.165, 1.54) is 34.9 Å². The van der Waals surface area contributed by atoms with Crippen LogP contribution < -0.4 is 5.32 Å². The van der Waals surface area contributed by atoms with Crippen molar-refractivity contribution in [3.63, 3.8) is 0 Å². The Morgan fingerprint density at radius 2 is 2.05 bits per heavy atom. The van der Waals surface area contributed by atoms with Gasteiger partial charge in [0.15, 0.2) is 0 Å². The predicted molar refractivity (Wildman–Crippen MR) is 93.6 cm³/mol. The molecule has 1 saturated carbocycles. The van der Waals surface area contributed by atoms with E-state index in [1.54, 1.807) is 11.3 Å². The van der Waals surface area contributed by atoms with Crippen molar-refractivity contribution >= 4 is 27.5 Å². The number of hydrogen-bond donors (Lipinski definition) is 1. The van der Waals surface area contributed by atoms with E-state index in [1.807, 2.05) is 11.9 Å². The van der Waals surface area contributed by atoms with Crippen molar-refractivity contribution < 1.29 is 4.79 Å². The molecular weight excluding hydrogens is 292 g/mol. The van der Waals surface area contributed by atoms with Gasteiger partial charge in [-0.3, -0.25) is 0 Å². The van der Waals surface area contributed by atoms with E-state index >= 15 is 0 Å². The van der Waals surface area contributed by atoms with Crippen LogP contribution in [0.4, 0.5) is 4.79 Å². The van der Waals surface area contributed by atoms with Crippen LogP contribution in [0.15, 0.2) is 29.6 Å². The van der Waals surface area contributed by atoms with E-state index in [0.717, 1.165) is 19.3 Å². The molecule has 3 rings (SSSR count). The summed E-state index contributed by atoms with van der Waals surface area (Å²) in [6, 6.07) is 8.97. The van der Waals surface area contributed by atoms with Crippen LogP contribution in [0.5, 0.6) is 0 Å². The molecule has 4 heteroatoms. The maximum absolute atomic E-state index is 12.3. The minimum atomic E-state index is 0.0754. The highest BCUT2D eigenvalue weighted by Crippen LogP contribution is 2.25. The highest BCUT2D eigenvalue weighted by molar-refractivity contribution is 7.17. The van der Waals surface area contributed by atoms with Gasteiger partial charge in [0.1, 0.15) is 0 Å². The summed E-state index contributed by atoms with van der Waals surface area (Å²) >= 11 is 1.78. The lowest BCUT2D eigenvalue weighted by Crippen LogP contribution is -2.44. The molecule has 0 bridgehead atoms. The zero-order valence-electron chi connectivity index (χ0n) is 13.2. The number of rotatable bonds is 4. The van der Waals surface area contributed by atoms with Crippen LogP contribution in [0.3, 0.4) is 0 Å². The van der Waals surface area contributed by atoms with Gasteiger partial charge in [-0.25, -0.2) is 4.79 Å². The van der Waals surface area contributed by atoms with Crippen LogP contribution in [0.2, 0.25) is 0 Å². The third-order valence-electron chi connectivity index (χ3n) is 4.67. The molecule has 1 aliphatic rings. The summed E-state index contributed by atoms with van der Waals surface area (Å²) in [4.78, 5) is 14.2. The molecule has 3 nitrogen and oxygen atoms in total. The molecular formula is C18H24N2OS. The van der Waals surface area contributed by atoms with Crippen molar-refractivity contribution in [3.05, 3.63) is 35.2 Å². The smallest absolute Gasteiger partial charge is 0.317 e. The predicted octanol–water partition coefficient (Wildman–Crippen LogP) is 4.42. The van der Waals surface area contributed by atoms with Crippen molar-refractivity contribution in [1.29, 1.82) is 0 Å². The van der Waals surface area contributed by atoms with Crippen LogP contribution in [-0.4, -0.2) is 30.6 Å². The van der Waals surface area contributed by atoms with E-state index in [-0.39, 0.29) is 6.03 Å². The van der Waals surface area contributed by atoms with Gasteiger partial charge < -0.3 is 10.2 Å². The molecule has 1 heterocycles. The third-order valence-corrected chi connectivity index (χ3v) is 5.69. The standard InChI is InChI=1S/C18H24N2OS/c1-20(15-7-3-2-4-8-15)18(21)19-12-11-14-13-22-17-10-6-5-9-16(14)17/h5-6,9-10,13,15H,2-4,7-8,11-12H2,1H3,(H,19,21). The number of benzene rings is 1. The lowest BCUT2D eigenvalue weighted by Gasteiger charge is -2.31. The van der Waals surface area contributed by atoms with E-state index in [2.05, 4.69) is 35.0 Å². The van der Waals surface area contributed by atoms with Crippen LogP contribution in [-0.2, 0) is 6.42 Å². The molecule has 0 unspecified atom stereocenters. The zero-order chi connectivity index (χ0) is 15.4. The summed E-state index contributed by atoms with van der Waals surface area (Å²) in [5, 5.41) is 6.61. The summed E-state index contributed by atoms with van der Waals surface area (Å²) in [5.74, 6) is 0. The van der Waals surface area contributed by atoms with Crippen molar-refractivity contribution in [1.82, 2.24) is 10.2 Å². The lowest BCUT2D eigenvalue weighted by molar-refractivity contribution is 0.174. The van der Waals surface area contributed by atoms with Gasteiger partial charge in [-0.1, -0.05) is 37.5 Å². The Balaban J connectivity index is 1.51. The molecule has 0 spiro atoms. The van der Waals surface area contributed by atoms with Crippen molar-refractivity contribution in [2.45, 2.75) is 44.6 Å². The van der Waals surface area contributed by atoms with Gasteiger partial charge >= 0.3 is 6.03 Å². The Bertz CT molecular complexity index is 631. The summed E-state index contributed by atoms with van der Waals surface area (Å²) in [5.41, 5.74) is 1.33. The van der Waals surface area contributed by atoms with Crippen LogP contribution >= 0.6 is 11.3 Å². The molecule has 1 aliphatic carbocycles. The normalized spacial score (nSPS) is 15.9. The quantitative estimate of drug-likeness (QED) is 0.890. The topological polar surface area (TPSA) is 32.3 Å². The number of carbonyl (C=O) groups excluding carboxylic acids is 1. The molecule has 22 heavy (non-hydrogen) atoms. The molecule has 0 radical (unpaired) electrons. The number of thiophene rings is 1. The maximum Gasteiger partial charge on any atom is 0.317 e. The zero-order valence-corrected chi connectivity index (χ0v) is 14.0. The number of fused-ring (bicyclic) bond motifs is 1. The first kappa shape index (κ1) is 15.3. The summed E-state index contributed by atoms with van der Waals surface area (Å²) in [6.07, 6.45) is 7.02. The molecule has 0 aliphatic heterocycles. The number of hydrogen-bond acceptors (Lipinski definition) is 2. The second kappa shape index (κ2) is 7.14. The average molecular weight is 316 g/mol. The highest BCUT2D eigenvalue weighted by atomic mass is 32.1. The first-order valence-corrected chi connectivity index (χ1v) is 9.09. The lowest BCUT2D eigenvalue weighted by atomic mass is 9.95. The van der Waals surface area contributed by atoms with Crippen molar-refractivity contribution in [2.75, 3.05) is 13.6 Å². The Morgan fingerprint density at radius 1 is 1.27 bits per heavy atom. The van der Waals surface area contributed by atoms with Gasteiger partial charge in [0.2, 0.25) is 0 Å². The van der Waals surface area contributed by atoms with E-state index in [4.69, 9.17) is 0 Å². The summed E-state index contributed by atoms with van der Waals surface area (Å²) < 4.78 is 1.32. The van der Waals surface area contributed by atoms with Gasteiger partial charge in [-0.2, -0.15) is 0 Å². The van der Waals surface area contributed by atoms with Crippen LogP contribution in [0.25, 0.3) is 10.1 Å². The van der Waals surface area contributed by atoms with Crippen LogP contribution in [0.1, 0.15) is 37.7 Å². The molecule has 1 aromatic heterocycles. The van der Waals surface area contributed by atoms with E-state index < -0.39 is 0 Å². The number of carbonyl (C=O) groups is 1. The van der Waals surface area contributed by atoms with Gasteiger partial charge in [0.25, 0.3) is 0 Å². The molecule has 118 valence electrons. The number of amides is 2. The number of urea groups is 1. The average Bonchev–Trinajstić information content (AvgIpc) is 2.98. The molecule has 2 aromatic rings. The monoisotopic (exact) mass is 316 g/mol. The van der Waals surface area contributed by atoms with Crippen LogP contribution in [0, 0.1) is 0 Å². The number of nitrogens with one attached hydrogen (secondary N) is 1. The Kier molecular flexibility index (Phi) is 4.98. The Labute approximate surface area is 136 Å². The first-order chi connectivity index (χ1) is 10.8. The molecule has 2 amide bonds. The minimum absolute atomic E-state index is 0.0754. The fraction of sp³-hybridized carbons (Fsp3) is 0.500. The second-order valence-electron chi connectivity index (χ2n) is 6.14. The Hall–Kier alpha value is -1.55. The van der Waals surface area contributed by atoms with Gasteiger partial charge in [-0.05, 0) is 41.7 Å². The summed E-state index contributed by atoms with van der Waals surface area (Å²) in [7, 11) is 1.94. The third kappa shape index (κ3) is 3.43. The molecule has 1 aromatic carbocycles. The molecule has 1 fully saturated rings. The second-order valence-corrected chi connectivity index (χ2v) is 7.05. The maximum atomic E-state index is 12.3. The van der Waals surface area contributed by atoms with Gasteiger partial charge in [0, 0.05) is 24.3 Å². The SMILES string of the molecule is CN(C(=O)NCCc1csc2ccccc12)C1CCCCC1. The molecule has 0 saturated heterocycles. The minimum Gasteiger partial charge on any atom is -0.338 e. The fourth-order valence-electron chi connectivity index (χ4n) is 3.29. The van der Waals surface area contributed by atoms with E-state index in [9.17, 15) is 4.79 Å². The van der Waals surface area contributed by atoms with Crippen molar-refractivity contribution in [2.24, 2.45) is 0 Å². The largest absolute Gasteiger partial charge is 0.338 e. The molecule has 0 atom stereocenters. The summed E-state index contributed by atoms with van der Waals surface area (Å²) in [6.45, 7) is 0.705. The van der Waals surface area contributed by atoms with Gasteiger partial charge in [0.05, 0.1) is 0 Å². The Morgan fingerprint density at radius 3 is 2.86 bits per heavy atom. The fourth-order valence-corrected chi connectivity index (χ4v) is 4.29. The number of nitrogens with zero attached hydrogens (tertiary/aromatic N) is 1. The first-order valence-electron chi connectivity index (χ1n) is 8.21.